The third kappa shape index (κ3) is 7.89. The standard InChI is InChI=1S/C33H18F4OS/c1-23(38)39-30-19-13-25(14-20-30)7-8-27-12-18-29(32(34)22-27)17-11-26-10-16-28(31(21-26)33(35,36)37)15-9-24-5-3-2-4-6-24/h2-6,10,12-14,16,18-22H,1H3. The van der Waals surface area contributed by atoms with Crippen LogP contribution in [-0.2, 0) is 11.0 Å². The highest BCUT2D eigenvalue weighted by Gasteiger charge is 2.33. The van der Waals surface area contributed by atoms with Gasteiger partial charge in [-0.3, -0.25) is 4.79 Å². The van der Waals surface area contributed by atoms with Gasteiger partial charge in [0.05, 0.1) is 11.1 Å². The average Bonchev–Trinajstić information content (AvgIpc) is 2.91. The number of hydrogen-bond acceptors (Lipinski definition) is 2. The van der Waals surface area contributed by atoms with E-state index in [2.05, 4.69) is 35.5 Å². The van der Waals surface area contributed by atoms with Crippen LogP contribution in [0.3, 0.4) is 0 Å². The van der Waals surface area contributed by atoms with E-state index in [9.17, 15) is 22.4 Å². The Kier molecular flexibility index (Phi) is 8.57. The van der Waals surface area contributed by atoms with Crippen LogP contribution in [0.4, 0.5) is 17.6 Å². The molecule has 1 nitrogen and oxygen atoms in total. The number of benzene rings is 4. The largest absolute Gasteiger partial charge is 0.417 e. The van der Waals surface area contributed by atoms with E-state index in [1.165, 1.54) is 31.2 Å². The van der Waals surface area contributed by atoms with Crippen molar-refractivity contribution >= 4 is 16.9 Å². The molecule has 190 valence electrons. The van der Waals surface area contributed by atoms with Crippen molar-refractivity contribution in [3.05, 3.63) is 136 Å². The summed E-state index contributed by atoms with van der Waals surface area (Å²) in [6.45, 7) is 1.49. The van der Waals surface area contributed by atoms with Gasteiger partial charge in [0.15, 0.2) is 5.12 Å². The van der Waals surface area contributed by atoms with Gasteiger partial charge in [0.1, 0.15) is 5.82 Å². The molecule has 0 saturated carbocycles. The summed E-state index contributed by atoms with van der Waals surface area (Å²) < 4.78 is 55.7. The Labute approximate surface area is 228 Å². The molecular formula is C33H18F4OS. The monoisotopic (exact) mass is 538 g/mol. The molecule has 0 heterocycles. The first kappa shape index (κ1) is 27.3. The first-order valence-electron chi connectivity index (χ1n) is 11.6. The summed E-state index contributed by atoms with van der Waals surface area (Å²) in [4.78, 5) is 12.0. The van der Waals surface area contributed by atoms with Crippen molar-refractivity contribution in [1.29, 1.82) is 0 Å². The van der Waals surface area contributed by atoms with E-state index in [4.69, 9.17) is 0 Å². The molecule has 0 unspecified atom stereocenters. The van der Waals surface area contributed by atoms with Gasteiger partial charge in [-0.2, -0.15) is 13.2 Å². The van der Waals surface area contributed by atoms with Crippen LogP contribution in [0.5, 0.6) is 0 Å². The van der Waals surface area contributed by atoms with Gasteiger partial charge in [-0.1, -0.05) is 65.5 Å². The van der Waals surface area contributed by atoms with Crippen LogP contribution in [-0.4, -0.2) is 5.12 Å². The van der Waals surface area contributed by atoms with E-state index in [-0.39, 0.29) is 21.8 Å². The van der Waals surface area contributed by atoms with Gasteiger partial charge in [0, 0.05) is 39.6 Å². The summed E-state index contributed by atoms with van der Waals surface area (Å²) in [5, 5.41) is -0.0153. The lowest BCUT2D eigenvalue weighted by molar-refractivity contribution is -0.137. The molecule has 0 N–H and O–H groups in total. The molecule has 0 aromatic heterocycles. The van der Waals surface area contributed by atoms with Crippen LogP contribution in [0.25, 0.3) is 0 Å². The third-order valence-electron chi connectivity index (χ3n) is 5.22. The van der Waals surface area contributed by atoms with Crippen molar-refractivity contribution in [2.24, 2.45) is 0 Å². The fraction of sp³-hybridized carbons (Fsp3) is 0.0606. The smallest absolute Gasteiger partial charge is 0.287 e. The number of carbonyl (C=O) groups is 1. The Balaban J connectivity index is 1.54. The zero-order valence-corrected chi connectivity index (χ0v) is 21.3. The van der Waals surface area contributed by atoms with E-state index < -0.39 is 17.6 Å². The minimum atomic E-state index is -4.63. The molecule has 4 aromatic rings. The second kappa shape index (κ2) is 12.2. The molecule has 4 rings (SSSR count). The van der Waals surface area contributed by atoms with E-state index >= 15 is 0 Å². The van der Waals surface area contributed by atoms with Crippen LogP contribution in [0.1, 0.15) is 45.9 Å². The van der Waals surface area contributed by atoms with Crippen LogP contribution in [0.2, 0.25) is 0 Å². The Hall–Kier alpha value is -4.70. The molecule has 0 fully saturated rings. The molecule has 4 aromatic carbocycles. The highest BCUT2D eigenvalue weighted by atomic mass is 32.2. The summed E-state index contributed by atoms with van der Waals surface area (Å²) in [5.74, 6) is 15.7. The van der Waals surface area contributed by atoms with Crippen LogP contribution in [0, 0.1) is 41.3 Å². The Morgan fingerprint density at radius 2 is 1.15 bits per heavy atom. The molecule has 0 aliphatic rings. The molecule has 0 saturated heterocycles. The van der Waals surface area contributed by atoms with E-state index in [0.717, 1.165) is 22.7 Å². The van der Waals surface area contributed by atoms with Gasteiger partial charge < -0.3 is 0 Å². The van der Waals surface area contributed by atoms with Gasteiger partial charge in [-0.15, -0.1) is 0 Å². The molecule has 0 radical (unpaired) electrons. The normalized spacial score (nSPS) is 10.3. The molecule has 0 amide bonds. The maximum atomic E-state index is 14.6. The summed E-state index contributed by atoms with van der Waals surface area (Å²) in [6.07, 6.45) is -4.63. The third-order valence-corrected chi connectivity index (χ3v) is 6.01. The van der Waals surface area contributed by atoms with Gasteiger partial charge in [0.2, 0.25) is 0 Å². The number of thioether (sulfide) groups is 1. The highest BCUT2D eigenvalue weighted by molar-refractivity contribution is 8.13. The highest BCUT2D eigenvalue weighted by Crippen LogP contribution is 2.32. The SMILES string of the molecule is CC(=O)Sc1ccc(C#Cc2ccc(C#Cc3ccc(C#Cc4ccccc4)c(C(F)(F)F)c3)c(F)c2)cc1. The lowest BCUT2D eigenvalue weighted by Gasteiger charge is -2.09. The molecule has 0 aliphatic heterocycles. The summed E-state index contributed by atoms with van der Waals surface area (Å²) >= 11 is 1.12. The van der Waals surface area contributed by atoms with E-state index in [0.29, 0.717) is 16.7 Å². The van der Waals surface area contributed by atoms with Gasteiger partial charge in [-0.05, 0) is 72.8 Å². The number of carbonyl (C=O) groups excluding carboxylic acids is 1. The first-order valence-corrected chi connectivity index (χ1v) is 12.4. The lowest BCUT2D eigenvalue weighted by Crippen LogP contribution is -2.08. The number of halogens is 4. The average molecular weight is 539 g/mol. The van der Waals surface area contributed by atoms with Crippen molar-refractivity contribution < 1.29 is 22.4 Å². The zero-order valence-electron chi connectivity index (χ0n) is 20.5. The Bertz CT molecular complexity index is 1700. The van der Waals surface area contributed by atoms with Crippen LogP contribution in [0.15, 0.2) is 95.9 Å². The molecule has 0 atom stereocenters. The van der Waals surface area contributed by atoms with E-state index in [1.54, 1.807) is 60.7 Å². The molecule has 0 spiro atoms. The Morgan fingerprint density at radius 1 is 0.641 bits per heavy atom. The van der Waals surface area contributed by atoms with E-state index in [1.807, 2.05) is 0 Å². The molecule has 39 heavy (non-hydrogen) atoms. The maximum Gasteiger partial charge on any atom is 0.417 e. The van der Waals surface area contributed by atoms with Gasteiger partial charge in [-0.25, -0.2) is 4.39 Å². The predicted octanol–water partition coefficient (Wildman–Crippen LogP) is 7.68. The Morgan fingerprint density at radius 3 is 1.79 bits per heavy atom. The molecule has 0 aliphatic carbocycles. The molecule has 6 heteroatoms. The maximum absolute atomic E-state index is 14.6. The minimum absolute atomic E-state index is 0.0153. The van der Waals surface area contributed by atoms with Crippen LogP contribution >= 0.6 is 11.8 Å². The van der Waals surface area contributed by atoms with Crippen LogP contribution < -0.4 is 0 Å². The lowest BCUT2D eigenvalue weighted by atomic mass is 10.0. The first-order chi connectivity index (χ1) is 18.7. The number of alkyl halides is 3. The fourth-order valence-corrected chi connectivity index (χ4v) is 3.98. The van der Waals surface area contributed by atoms with Crippen molar-refractivity contribution in [1.82, 2.24) is 0 Å². The van der Waals surface area contributed by atoms with Crippen molar-refractivity contribution in [2.45, 2.75) is 18.0 Å². The van der Waals surface area contributed by atoms with Crippen molar-refractivity contribution in [2.75, 3.05) is 0 Å². The van der Waals surface area contributed by atoms with Crippen molar-refractivity contribution in [3.63, 3.8) is 0 Å². The molecule has 0 bridgehead atoms. The predicted molar refractivity (Wildman–Crippen MR) is 145 cm³/mol. The van der Waals surface area contributed by atoms with Gasteiger partial charge >= 0.3 is 6.18 Å². The summed E-state index contributed by atoms with van der Waals surface area (Å²) in [7, 11) is 0. The summed E-state index contributed by atoms with van der Waals surface area (Å²) in [5.41, 5.74) is 0.759. The number of hydrogen-bond donors (Lipinski definition) is 0. The second-order valence-corrected chi connectivity index (χ2v) is 9.44. The van der Waals surface area contributed by atoms with Crippen molar-refractivity contribution in [3.8, 4) is 35.5 Å². The summed E-state index contributed by atoms with van der Waals surface area (Å²) in [6, 6.07) is 23.7. The fourth-order valence-electron chi connectivity index (χ4n) is 3.38. The van der Waals surface area contributed by atoms with Gasteiger partial charge in [0.25, 0.3) is 0 Å². The quantitative estimate of drug-likeness (QED) is 0.140. The molecular weight excluding hydrogens is 520 g/mol. The zero-order chi connectivity index (χ0) is 27.8. The topological polar surface area (TPSA) is 17.1 Å². The second-order valence-electron chi connectivity index (χ2n) is 8.19. The number of rotatable bonds is 1. The minimum Gasteiger partial charge on any atom is -0.287 e.